The molecular formula is C16H13Cl2NO2. The van der Waals surface area contributed by atoms with Crippen LogP contribution in [0.5, 0.6) is 0 Å². The maximum atomic E-state index is 10.4. The number of aliphatic hydroxyl groups is 1. The molecule has 0 unspecified atom stereocenters. The quantitative estimate of drug-likeness (QED) is 0.932. The Bertz CT molecular complexity index is 653. The zero-order valence-electron chi connectivity index (χ0n) is 11.0. The summed E-state index contributed by atoms with van der Waals surface area (Å²) in [4.78, 5) is 4.43. The third-order valence-electron chi connectivity index (χ3n) is 3.36. The molecule has 0 radical (unpaired) electrons. The Hall–Kier alpha value is -1.55. The molecule has 1 heterocycles. The zero-order valence-corrected chi connectivity index (χ0v) is 12.6. The van der Waals surface area contributed by atoms with Crippen LogP contribution in [0.4, 0.5) is 0 Å². The number of hydrogen-bond acceptors (Lipinski definition) is 3. The van der Waals surface area contributed by atoms with Crippen molar-refractivity contribution in [2.45, 2.75) is 12.1 Å². The molecule has 1 aliphatic rings. The van der Waals surface area contributed by atoms with E-state index in [9.17, 15) is 5.11 Å². The third-order valence-corrected chi connectivity index (χ3v) is 3.99. The van der Waals surface area contributed by atoms with E-state index in [1.54, 1.807) is 18.2 Å². The van der Waals surface area contributed by atoms with Crippen LogP contribution in [0.25, 0.3) is 0 Å². The molecule has 1 aliphatic heterocycles. The van der Waals surface area contributed by atoms with Crippen LogP contribution in [-0.4, -0.2) is 23.7 Å². The van der Waals surface area contributed by atoms with Crippen LogP contribution in [-0.2, 0) is 4.74 Å². The van der Waals surface area contributed by atoms with Gasteiger partial charge in [-0.3, -0.25) is 0 Å². The van der Waals surface area contributed by atoms with Crippen LogP contribution in [0, 0.1) is 0 Å². The van der Waals surface area contributed by atoms with Gasteiger partial charge >= 0.3 is 0 Å². The van der Waals surface area contributed by atoms with Gasteiger partial charge in [0.05, 0.1) is 15.6 Å². The van der Waals surface area contributed by atoms with E-state index < -0.39 is 6.10 Å². The lowest BCUT2D eigenvalue weighted by atomic mass is 10.0. The maximum absolute atomic E-state index is 10.4. The summed E-state index contributed by atoms with van der Waals surface area (Å²) in [7, 11) is 0. The molecule has 0 spiro atoms. The lowest BCUT2D eigenvalue weighted by molar-refractivity contribution is 0.130. The van der Waals surface area contributed by atoms with Gasteiger partial charge in [0.1, 0.15) is 18.8 Å². The van der Waals surface area contributed by atoms with Crippen molar-refractivity contribution in [3.05, 3.63) is 69.7 Å². The average molecular weight is 322 g/mol. The van der Waals surface area contributed by atoms with E-state index in [1.807, 2.05) is 30.3 Å². The highest BCUT2D eigenvalue weighted by molar-refractivity contribution is 6.39. The van der Waals surface area contributed by atoms with Crippen LogP contribution in [0.3, 0.4) is 0 Å². The minimum Gasteiger partial charge on any atom is -0.475 e. The molecule has 5 heteroatoms. The first kappa shape index (κ1) is 14.4. The summed E-state index contributed by atoms with van der Waals surface area (Å²) in [5, 5.41) is 11.3. The molecule has 2 atom stereocenters. The first-order chi connectivity index (χ1) is 10.2. The van der Waals surface area contributed by atoms with Gasteiger partial charge in [-0.05, 0) is 17.7 Å². The Balaban J connectivity index is 1.88. The highest BCUT2D eigenvalue weighted by Crippen LogP contribution is 2.30. The van der Waals surface area contributed by atoms with Crippen LogP contribution >= 0.6 is 23.2 Å². The Kier molecular flexibility index (Phi) is 4.15. The lowest BCUT2D eigenvalue weighted by Crippen LogP contribution is -2.17. The van der Waals surface area contributed by atoms with E-state index in [1.165, 1.54) is 0 Å². The van der Waals surface area contributed by atoms with Gasteiger partial charge in [0.15, 0.2) is 0 Å². The molecule has 21 heavy (non-hydrogen) atoms. The van der Waals surface area contributed by atoms with E-state index in [4.69, 9.17) is 27.9 Å². The summed E-state index contributed by atoms with van der Waals surface area (Å²) < 4.78 is 5.58. The van der Waals surface area contributed by atoms with Gasteiger partial charge in [-0.1, -0.05) is 59.6 Å². The minimum atomic E-state index is -0.718. The van der Waals surface area contributed by atoms with Crippen molar-refractivity contribution in [2.75, 3.05) is 6.61 Å². The predicted octanol–water partition coefficient (Wildman–Crippen LogP) is 3.87. The summed E-state index contributed by atoms with van der Waals surface area (Å²) in [6.07, 6.45) is -0.718. The second-order valence-electron chi connectivity index (χ2n) is 4.76. The second kappa shape index (κ2) is 6.06. The van der Waals surface area contributed by atoms with Crippen molar-refractivity contribution < 1.29 is 9.84 Å². The van der Waals surface area contributed by atoms with Gasteiger partial charge in [-0.15, -0.1) is 0 Å². The summed E-state index contributed by atoms with van der Waals surface area (Å²) in [5.41, 5.74) is 1.38. The Morgan fingerprint density at radius 2 is 1.71 bits per heavy atom. The highest BCUT2D eigenvalue weighted by atomic mass is 35.5. The normalized spacial score (nSPS) is 19.0. The Morgan fingerprint density at radius 1 is 1.05 bits per heavy atom. The number of aliphatic imine (C=N–C) groups is 1. The first-order valence-electron chi connectivity index (χ1n) is 6.55. The molecule has 0 aromatic heterocycles. The largest absolute Gasteiger partial charge is 0.475 e. The smallest absolute Gasteiger partial charge is 0.219 e. The summed E-state index contributed by atoms with van der Waals surface area (Å²) >= 11 is 12.3. The molecule has 0 amide bonds. The molecule has 3 rings (SSSR count). The molecule has 2 aromatic carbocycles. The van der Waals surface area contributed by atoms with Crippen molar-refractivity contribution in [2.24, 2.45) is 4.99 Å². The van der Waals surface area contributed by atoms with Crippen molar-refractivity contribution in [3.63, 3.8) is 0 Å². The third kappa shape index (κ3) is 2.91. The Morgan fingerprint density at radius 3 is 2.38 bits per heavy atom. The monoisotopic (exact) mass is 321 g/mol. The highest BCUT2D eigenvalue weighted by Gasteiger charge is 2.29. The molecule has 1 N–H and O–H groups in total. The average Bonchev–Trinajstić information content (AvgIpc) is 2.97. The number of hydrogen-bond donors (Lipinski definition) is 1. The number of rotatable bonds is 3. The summed E-state index contributed by atoms with van der Waals surface area (Å²) in [5.74, 6) is 0.380. The minimum absolute atomic E-state index is 0.299. The van der Waals surface area contributed by atoms with Crippen LogP contribution in [0.15, 0.2) is 53.5 Å². The fourth-order valence-corrected chi connectivity index (χ4v) is 2.82. The van der Waals surface area contributed by atoms with Crippen LogP contribution in [0.1, 0.15) is 17.2 Å². The van der Waals surface area contributed by atoms with Gasteiger partial charge in [0, 0.05) is 0 Å². The lowest BCUT2D eigenvalue weighted by Gasteiger charge is -2.13. The van der Waals surface area contributed by atoms with Gasteiger partial charge in [0.2, 0.25) is 5.90 Å². The topological polar surface area (TPSA) is 41.8 Å². The molecule has 3 nitrogen and oxygen atoms in total. The van der Waals surface area contributed by atoms with Crippen molar-refractivity contribution in [1.29, 1.82) is 0 Å². The molecule has 0 saturated heterocycles. The van der Waals surface area contributed by atoms with Gasteiger partial charge in [-0.2, -0.15) is 0 Å². The fourth-order valence-electron chi connectivity index (χ4n) is 2.26. The molecule has 0 bridgehead atoms. The molecule has 108 valence electrons. The summed E-state index contributed by atoms with van der Waals surface area (Å²) in [6.45, 7) is 0.299. The standard InChI is InChI=1S/C16H13Cl2NO2/c17-11-7-4-8-12(18)14(11)16-19-13(9-21-16)15(20)10-5-2-1-3-6-10/h1-8,13,15,20H,9H2/t13-,15-/m0/s1. The fraction of sp³-hybridized carbons (Fsp3) is 0.188. The van der Waals surface area contributed by atoms with Gasteiger partial charge < -0.3 is 9.84 Å². The second-order valence-corrected chi connectivity index (χ2v) is 5.58. The molecule has 0 fully saturated rings. The number of ether oxygens (including phenoxy) is 1. The summed E-state index contributed by atoms with van der Waals surface area (Å²) in [6, 6.07) is 14.2. The number of halogens is 2. The van der Waals surface area contributed by atoms with E-state index >= 15 is 0 Å². The molecule has 2 aromatic rings. The van der Waals surface area contributed by atoms with Crippen LogP contribution < -0.4 is 0 Å². The zero-order chi connectivity index (χ0) is 14.8. The van der Waals surface area contributed by atoms with Crippen molar-refractivity contribution in [3.8, 4) is 0 Å². The van der Waals surface area contributed by atoms with E-state index in [0.717, 1.165) is 5.56 Å². The van der Waals surface area contributed by atoms with E-state index in [2.05, 4.69) is 4.99 Å². The molecule has 0 saturated carbocycles. The first-order valence-corrected chi connectivity index (χ1v) is 7.30. The van der Waals surface area contributed by atoms with Gasteiger partial charge in [-0.25, -0.2) is 4.99 Å². The van der Waals surface area contributed by atoms with Crippen molar-refractivity contribution in [1.82, 2.24) is 0 Å². The number of aliphatic hydroxyl groups excluding tert-OH is 1. The van der Waals surface area contributed by atoms with Gasteiger partial charge in [0.25, 0.3) is 0 Å². The SMILES string of the molecule is O[C@@H](c1ccccc1)[C@@H]1COC(c2c(Cl)cccc2Cl)=N1. The molecule has 0 aliphatic carbocycles. The van der Waals surface area contributed by atoms with E-state index in [-0.39, 0.29) is 6.04 Å². The van der Waals surface area contributed by atoms with Crippen molar-refractivity contribution >= 4 is 29.1 Å². The number of nitrogens with zero attached hydrogens (tertiary/aromatic N) is 1. The predicted molar refractivity (Wildman–Crippen MR) is 84.1 cm³/mol. The Labute approximate surface area is 132 Å². The van der Waals surface area contributed by atoms with E-state index in [0.29, 0.717) is 28.1 Å². The maximum Gasteiger partial charge on any atom is 0.219 e. The molecular weight excluding hydrogens is 309 g/mol. The van der Waals surface area contributed by atoms with Crippen LogP contribution in [0.2, 0.25) is 10.0 Å². The number of benzene rings is 2.